The van der Waals surface area contributed by atoms with Crippen molar-refractivity contribution in [1.29, 1.82) is 0 Å². The molecule has 0 N–H and O–H groups in total. The number of halogens is 1. The van der Waals surface area contributed by atoms with Crippen LogP contribution in [0.5, 0.6) is 0 Å². The molecule has 1 nitrogen and oxygen atoms in total. The van der Waals surface area contributed by atoms with Crippen molar-refractivity contribution < 1.29 is 0 Å². The maximum Gasteiger partial charge on any atom is 0.0765 e. The van der Waals surface area contributed by atoms with Gasteiger partial charge in [0.15, 0.2) is 0 Å². The van der Waals surface area contributed by atoms with E-state index in [0.29, 0.717) is 0 Å². The van der Waals surface area contributed by atoms with Gasteiger partial charge in [-0.05, 0) is 34.0 Å². The van der Waals surface area contributed by atoms with Crippen molar-refractivity contribution in [3.8, 4) is 0 Å². The SMILES string of the molecule is C=C(Br)c1ccc(CC)cn1. The molecular weight excluding hydrogens is 202 g/mol. The summed E-state index contributed by atoms with van der Waals surface area (Å²) in [7, 11) is 0. The Morgan fingerprint density at radius 2 is 2.36 bits per heavy atom. The Kier molecular flexibility index (Phi) is 2.83. The molecule has 0 aromatic carbocycles. The molecule has 0 aliphatic carbocycles. The zero-order valence-corrected chi connectivity index (χ0v) is 8.06. The van der Waals surface area contributed by atoms with E-state index in [-0.39, 0.29) is 0 Å². The molecule has 11 heavy (non-hydrogen) atoms. The van der Waals surface area contributed by atoms with Crippen molar-refractivity contribution in [3.05, 3.63) is 36.2 Å². The van der Waals surface area contributed by atoms with E-state index in [2.05, 4.69) is 40.5 Å². The van der Waals surface area contributed by atoms with Crippen LogP contribution in [-0.2, 0) is 6.42 Å². The molecule has 1 aromatic heterocycles. The summed E-state index contributed by atoms with van der Waals surface area (Å²) in [6, 6.07) is 4.03. The van der Waals surface area contributed by atoms with Gasteiger partial charge in [-0.2, -0.15) is 0 Å². The molecule has 0 bridgehead atoms. The number of pyridine rings is 1. The summed E-state index contributed by atoms with van der Waals surface area (Å²) in [6.07, 6.45) is 2.91. The van der Waals surface area contributed by atoms with E-state index >= 15 is 0 Å². The number of rotatable bonds is 2. The van der Waals surface area contributed by atoms with E-state index in [1.54, 1.807) is 0 Å². The minimum Gasteiger partial charge on any atom is -0.255 e. The largest absolute Gasteiger partial charge is 0.255 e. The zero-order valence-electron chi connectivity index (χ0n) is 6.47. The Morgan fingerprint density at radius 1 is 1.64 bits per heavy atom. The molecule has 0 radical (unpaired) electrons. The van der Waals surface area contributed by atoms with Crippen LogP contribution in [0.3, 0.4) is 0 Å². The van der Waals surface area contributed by atoms with E-state index in [1.165, 1.54) is 5.56 Å². The Hall–Kier alpha value is -0.630. The lowest BCUT2D eigenvalue weighted by Crippen LogP contribution is -1.85. The molecule has 0 aliphatic heterocycles. The summed E-state index contributed by atoms with van der Waals surface area (Å²) < 4.78 is 0.833. The van der Waals surface area contributed by atoms with Crippen LogP contribution in [0, 0.1) is 0 Å². The fourth-order valence-electron chi connectivity index (χ4n) is 0.794. The quantitative estimate of drug-likeness (QED) is 0.734. The second kappa shape index (κ2) is 3.67. The molecule has 1 aromatic rings. The van der Waals surface area contributed by atoms with Gasteiger partial charge in [-0.15, -0.1) is 0 Å². The van der Waals surface area contributed by atoms with Crippen LogP contribution in [-0.4, -0.2) is 4.98 Å². The minimum absolute atomic E-state index is 0.833. The van der Waals surface area contributed by atoms with Gasteiger partial charge in [0.1, 0.15) is 0 Å². The predicted octanol–water partition coefficient (Wildman–Crippen LogP) is 3.01. The van der Waals surface area contributed by atoms with Gasteiger partial charge in [-0.3, -0.25) is 4.98 Å². The molecule has 1 heterocycles. The first-order valence-corrected chi connectivity index (χ1v) is 4.33. The van der Waals surface area contributed by atoms with Crippen molar-refractivity contribution in [2.75, 3.05) is 0 Å². The molecule has 58 valence electrons. The second-order valence-electron chi connectivity index (χ2n) is 2.31. The number of aryl methyl sites for hydroxylation is 1. The molecule has 0 saturated heterocycles. The molecule has 0 aliphatic rings. The number of aromatic nitrogens is 1. The van der Waals surface area contributed by atoms with Crippen molar-refractivity contribution in [3.63, 3.8) is 0 Å². The highest BCUT2D eigenvalue weighted by Crippen LogP contribution is 2.15. The monoisotopic (exact) mass is 211 g/mol. The molecule has 2 heteroatoms. The molecule has 0 spiro atoms. The van der Waals surface area contributed by atoms with Gasteiger partial charge in [-0.25, -0.2) is 0 Å². The maximum absolute atomic E-state index is 4.20. The second-order valence-corrected chi connectivity index (χ2v) is 3.27. The highest BCUT2D eigenvalue weighted by Gasteiger charge is 1.94. The highest BCUT2D eigenvalue weighted by atomic mass is 79.9. The smallest absolute Gasteiger partial charge is 0.0765 e. The lowest BCUT2D eigenvalue weighted by Gasteiger charge is -1.97. The predicted molar refractivity (Wildman–Crippen MR) is 51.6 cm³/mol. The van der Waals surface area contributed by atoms with Crippen LogP contribution < -0.4 is 0 Å². The first-order chi connectivity index (χ1) is 5.24. The van der Waals surface area contributed by atoms with E-state index in [9.17, 15) is 0 Å². The third-order valence-electron chi connectivity index (χ3n) is 1.51. The Labute approximate surface area is 75.3 Å². The number of hydrogen-bond donors (Lipinski definition) is 0. The van der Waals surface area contributed by atoms with Crippen LogP contribution in [0.2, 0.25) is 0 Å². The summed E-state index contributed by atoms with van der Waals surface area (Å²) in [5, 5.41) is 0. The lowest BCUT2D eigenvalue weighted by molar-refractivity contribution is 1.10. The van der Waals surface area contributed by atoms with Gasteiger partial charge in [0.25, 0.3) is 0 Å². The first-order valence-electron chi connectivity index (χ1n) is 3.53. The van der Waals surface area contributed by atoms with Gasteiger partial charge in [0.2, 0.25) is 0 Å². The summed E-state index contributed by atoms with van der Waals surface area (Å²) >= 11 is 3.27. The molecule has 0 amide bonds. The van der Waals surface area contributed by atoms with Gasteiger partial charge < -0.3 is 0 Å². The van der Waals surface area contributed by atoms with E-state index < -0.39 is 0 Å². The van der Waals surface area contributed by atoms with Crippen molar-refractivity contribution in [2.24, 2.45) is 0 Å². The van der Waals surface area contributed by atoms with Crippen molar-refractivity contribution >= 4 is 20.4 Å². The average molecular weight is 212 g/mol. The summed E-state index contributed by atoms with van der Waals surface area (Å²) in [5.41, 5.74) is 2.16. The summed E-state index contributed by atoms with van der Waals surface area (Å²) in [6.45, 7) is 5.85. The van der Waals surface area contributed by atoms with Gasteiger partial charge in [-0.1, -0.05) is 19.6 Å². The maximum atomic E-state index is 4.20. The average Bonchev–Trinajstić information content (AvgIpc) is 2.05. The topological polar surface area (TPSA) is 12.9 Å². The third kappa shape index (κ3) is 2.15. The van der Waals surface area contributed by atoms with Crippen molar-refractivity contribution in [2.45, 2.75) is 13.3 Å². The van der Waals surface area contributed by atoms with Gasteiger partial charge in [0.05, 0.1) is 5.69 Å². The number of nitrogens with zero attached hydrogens (tertiary/aromatic N) is 1. The third-order valence-corrected chi connectivity index (χ3v) is 1.92. The molecule has 0 unspecified atom stereocenters. The van der Waals surface area contributed by atoms with E-state index in [1.807, 2.05) is 12.3 Å². The molecule has 0 saturated carbocycles. The summed E-state index contributed by atoms with van der Waals surface area (Å²) in [5.74, 6) is 0. The Balaban J connectivity index is 2.91. The highest BCUT2D eigenvalue weighted by molar-refractivity contribution is 9.15. The molecule has 0 fully saturated rings. The molecular formula is C9H10BrN. The van der Waals surface area contributed by atoms with Gasteiger partial charge in [0, 0.05) is 10.7 Å². The molecule has 1 rings (SSSR count). The Bertz CT molecular complexity index is 251. The first kappa shape index (κ1) is 8.47. The van der Waals surface area contributed by atoms with Crippen LogP contribution in [0.15, 0.2) is 24.9 Å². The fraction of sp³-hybridized carbons (Fsp3) is 0.222. The fourth-order valence-corrected chi connectivity index (χ4v) is 1.03. The van der Waals surface area contributed by atoms with E-state index in [0.717, 1.165) is 16.6 Å². The standard InChI is InChI=1S/C9H10BrN/c1-3-8-4-5-9(7(2)10)11-6-8/h4-6H,2-3H2,1H3. The minimum atomic E-state index is 0.833. The summed E-state index contributed by atoms with van der Waals surface area (Å²) in [4.78, 5) is 4.20. The number of hydrogen-bond acceptors (Lipinski definition) is 1. The van der Waals surface area contributed by atoms with Crippen LogP contribution in [0.4, 0.5) is 0 Å². The molecule has 0 atom stereocenters. The zero-order chi connectivity index (χ0) is 8.27. The Morgan fingerprint density at radius 3 is 2.73 bits per heavy atom. The van der Waals surface area contributed by atoms with Crippen LogP contribution in [0.1, 0.15) is 18.2 Å². The van der Waals surface area contributed by atoms with Gasteiger partial charge >= 0.3 is 0 Å². The van der Waals surface area contributed by atoms with Crippen molar-refractivity contribution in [1.82, 2.24) is 4.98 Å². The lowest BCUT2D eigenvalue weighted by atomic mass is 10.2. The van der Waals surface area contributed by atoms with E-state index in [4.69, 9.17) is 0 Å². The normalized spacial score (nSPS) is 9.64. The van der Waals surface area contributed by atoms with Crippen LogP contribution in [0.25, 0.3) is 4.48 Å². The van der Waals surface area contributed by atoms with Crippen LogP contribution >= 0.6 is 15.9 Å².